The quantitative estimate of drug-likeness (QED) is 0.456. The van der Waals surface area contributed by atoms with Gasteiger partial charge in [-0.05, 0) is 40.3 Å². The van der Waals surface area contributed by atoms with Crippen molar-refractivity contribution in [1.82, 2.24) is 10.2 Å². The zero-order chi connectivity index (χ0) is 27.2. The predicted molar refractivity (Wildman–Crippen MR) is 143 cm³/mol. The molecule has 0 aliphatic carbocycles. The van der Waals surface area contributed by atoms with Crippen LogP contribution in [0.5, 0.6) is 5.75 Å². The van der Waals surface area contributed by atoms with Crippen LogP contribution >= 0.6 is 0 Å². The monoisotopic (exact) mass is 513 g/mol. The summed E-state index contributed by atoms with van der Waals surface area (Å²) in [7, 11) is 1.50. The van der Waals surface area contributed by atoms with Crippen LogP contribution in [-0.2, 0) is 16.0 Å². The number of halogens is 1. The first-order valence-electron chi connectivity index (χ1n) is 12.8. The van der Waals surface area contributed by atoms with Gasteiger partial charge in [-0.25, -0.2) is 4.39 Å². The largest absolute Gasteiger partial charge is 0.497 e. The van der Waals surface area contributed by atoms with E-state index in [0.29, 0.717) is 22.8 Å². The van der Waals surface area contributed by atoms with E-state index in [1.807, 2.05) is 54.6 Å². The van der Waals surface area contributed by atoms with Gasteiger partial charge >= 0.3 is 0 Å². The number of amides is 2. The first-order chi connectivity index (χ1) is 18.3. The molecule has 0 unspecified atom stereocenters. The molecule has 1 aliphatic heterocycles. The first-order valence-corrected chi connectivity index (χ1v) is 12.8. The van der Waals surface area contributed by atoms with E-state index in [-0.39, 0.29) is 19.4 Å². The average Bonchev–Trinajstić information content (AvgIpc) is 3.34. The maximum Gasteiger partial charge on any atom is 0.243 e. The number of rotatable bonds is 8. The minimum atomic E-state index is -1.30. The van der Waals surface area contributed by atoms with Gasteiger partial charge in [-0.1, -0.05) is 74.5 Å². The van der Waals surface area contributed by atoms with Crippen LogP contribution in [0.1, 0.15) is 60.0 Å². The molecule has 196 valence electrons. The normalized spacial score (nSPS) is 17.6. The fraction of sp³-hybridized carbons (Fsp3) is 0.323. The molecule has 1 saturated heterocycles. The number of methoxy groups -OCH3 is 1. The first kappa shape index (κ1) is 26.9. The lowest BCUT2D eigenvalue weighted by atomic mass is 9.95. The van der Waals surface area contributed by atoms with Crippen molar-refractivity contribution in [2.45, 2.75) is 50.9 Å². The Labute approximate surface area is 223 Å². The van der Waals surface area contributed by atoms with Gasteiger partial charge in [-0.15, -0.1) is 0 Å². The van der Waals surface area contributed by atoms with Crippen LogP contribution in [0.3, 0.4) is 0 Å². The number of benzene rings is 3. The molecule has 0 bridgehead atoms. The zero-order valence-corrected chi connectivity index (χ0v) is 21.9. The van der Waals surface area contributed by atoms with E-state index in [2.05, 4.69) is 25.2 Å². The predicted octanol–water partition coefficient (Wildman–Crippen LogP) is 5.08. The van der Waals surface area contributed by atoms with Crippen molar-refractivity contribution in [3.63, 3.8) is 0 Å². The molecule has 0 aromatic heterocycles. The standard InChI is InChI=1S/C31H32FN3O3/c1-20(2)21-9-11-23(12-10-21)30(22-7-5-4-6-8-22)34-31(37)28-17-26(32)19-35(28)29(36)16-24-13-14-27(38-3)15-25(24)18-33/h4-15,20,26,28,30H,16-17,19H2,1-3H3,(H,34,37)/t26-,28+,30+/m1/s1. The zero-order valence-electron chi connectivity index (χ0n) is 21.9. The van der Waals surface area contributed by atoms with Crippen molar-refractivity contribution in [2.24, 2.45) is 0 Å². The number of ether oxygens (including phenoxy) is 1. The smallest absolute Gasteiger partial charge is 0.243 e. The maximum absolute atomic E-state index is 14.6. The third kappa shape index (κ3) is 6.03. The number of carbonyl (C=O) groups excluding carboxylic acids is 2. The van der Waals surface area contributed by atoms with Crippen molar-refractivity contribution in [3.05, 3.63) is 101 Å². The Balaban J connectivity index is 1.56. The summed E-state index contributed by atoms with van der Waals surface area (Å²) >= 11 is 0. The summed E-state index contributed by atoms with van der Waals surface area (Å²) in [6, 6.07) is 23.2. The van der Waals surface area contributed by atoms with Gasteiger partial charge in [0.15, 0.2) is 0 Å². The van der Waals surface area contributed by atoms with E-state index in [0.717, 1.165) is 11.1 Å². The molecular weight excluding hydrogens is 481 g/mol. The maximum atomic E-state index is 14.6. The number of carbonyl (C=O) groups is 2. The van der Waals surface area contributed by atoms with Gasteiger partial charge in [0, 0.05) is 6.42 Å². The minimum absolute atomic E-state index is 0.0703. The molecule has 3 aromatic carbocycles. The van der Waals surface area contributed by atoms with Gasteiger partial charge in [0.1, 0.15) is 18.0 Å². The minimum Gasteiger partial charge on any atom is -0.497 e. The molecule has 1 heterocycles. The number of nitriles is 1. The molecule has 7 heteroatoms. The van der Waals surface area contributed by atoms with Crippen molar-refractivity contribution < 1.29 is 18.7 Å². The highest BCUT2D eigenvalue weighted by molar-refractivity contribution is 5.90. The number of hydrogen-bond acceptors (Lipinski definition) is 4. The second kappa shape index (κ2) is 11.9. The second-order valence-electron chi connectivity index (χ2n) is 9.88. The summed E-state index contributed by atoms with van der Waals surface area (Å²) in [4.78, 5) is 28.1. The Kier molecular flexibility index (Phi) is 8.42. The Bertz CT molecular complexity index is 1320. The van der Waals surface area contributed by atoms with E-state index in [4.69, 9.17) is 4.74 Å². The van der Waals surface area contributed by atoms with Gasteiger partial charge in [-0.2, -0.15) is 5.26 Å². The number of nitrogens with one attached hydrogen (secondary N) is 1. The van der Waals surface area contributed by atoms with Crippen molar-refractivity contribution in [1.29, 1.82) is 5.26 Å². The number of nitrogens with zero attached hydrogens (tertiary/aromatic N) is 2. The highest BCUT2D eigenvalue weighted by Gasteiger charge is 2.40. The molecule has 38 heavy (non-hydrogen) atoms. The topological polar surface area (TPSA) is 82.4 Å². The fourth-order valence-electron chi connectivity index (χ4n) is 4.83. The Hall–Kier alpha value is -4.18. The van der Waals surface area contributed by atoms with Gasteiger partial charge in [0.25, 0.3) is 0 Å². The highest BCUT2D eigenvalue weighted by atomic mass is 19.1. The van der Waals surface area contributed by atoms with Crippen LogP contribution in [0.15, 0.2) is 72.8 Å². The molecule has 0 spiro atoms. The molecule has 3 atom stereocenters. The number of likely N-dealkylation sites (tertiary alicyclic amines) is 1. The van der Waals surface area contributed by atoms with Gasteiger partial charge < -0.3 is 15.0 Å². The van der Waals surface area contributed by atoms with Crippen LogP contribution in [0.25, 0.3) is 0 Å². The summed E-state index contributed by atoms with van der Waals surface area (Å²) in [5.74, 6) is 0.0778. The Morgan fingerprint density at radius 1 is 1.05 bits per heavy atom. The summed E-state index contributed by atoms with van der Waals surface area (Å²) in [6.45, 7) is 4.08. The third-order valence-corrected chi connectivity index (χ3v) is 7.01. The lowest BCUT2D eigenvalue weighted by molar-refractivity contribution is -0.138. The molecule has 0 saturated carbocycles. The van der Waals surface area contributed by atoms with E-state index >= 15 is 0 Å². The number of hydrogen-bond donors (Lipinski definition) is 1. The SMILES string of the molecule is COc1ccc(CC(=O)N2C[C@H](F)C[C@H]2C(=O)N[C@@H](c2ccccc2)c2ccc(C(C)C)cc2)c(C#N)c1. The van der Waals surface area contributed by atoms with Crippen LogP contribution in [-0.4, -0.2) is 42.6 Å². The van der Waals surface area contributed by atoms with Crippen molar-refractivity contribution in [2.75, 3.05) is 13.7 Å². The van der Waals surface area contributed by atoms with Crippen molar-refractivity contribution >= 4 is 11.8 Å². The molecule has 1 fully saturated rings. The Morgan fingerprint density at radius 2 is 1.71 bits per heavy atom. The number of alkyl halides is 1. The van der Waals surface area contributed by atoms with Crippen LogP contribution < -0.4 is 10.1 Å². The van der Waals surface area contributed by atoms with E-state index < -0.39 is 30.1 Å². The van der Waals surface area contributed by atoms with E-state index in [9.17, 15) is 19.2 Å². The van der Waals surface area contributed by atoms with Gasteiger partial charge in [0.05, 0.1) is 37.7 Å². The molecular formula is C31H32FN3O3. The van der Waals surface area contributed by atoms with E-state index in [1.165, 1.54) is 17.6 Å². The molecule has 4 rings (SSSR count). The molecule has 6 nitrogen and oxygen atoms in total. The molecule has 0 radical (unpaired) electrons. The Morgan fingerprint density at radius 3 is 2.34 bits per heavy atom. The van der Waals surface area contributed by atoms with Gasteiger partial charge in [0.2, 0.25) is 11.8 Å². The lowest BCUT2D eigenvalue weighted by Gasteiger charge is -2.27. The average molecular weight is 514 g/mol. The molecule has 1 aliphatic rings. The molecule has 3 aromatic rings. The lowest BCUT2D eigenvalue weighted by Crippen LogP contribution is -2.47. The summed E-state index contributed by atoms with van der Waals surface area (Å²) < 4.78 is 19.7. The van der Waals surface area contributed by atoms with Crippen LogP contribution in [0.4, 0.5) is 4.39 Å². The van der Waals surface area contributed by atoms with Gasteiger partial charge in [-0.3, -0.25) is 9.59 Å². The summed E-state index contributed by atoms with van der Waals surface area (Å²) in [5, 5.41) is 12.6. The third-order valence-electron chi connectivity index (χ3n) is 7.01. The second-order valence-corrected chi connectivity index (χ2v) is 9.88. The van der Waals surface area contributed by atoms with Crippen LogP contribution in [0, 0.1) is 11.3 Å². The highest BCUT2D eigenvalue weighted by Crippen LogP contribution is 2.28. The van der Waals surface area contributed by atoms with Crippen LogP contribution in [0.2, 0.25) is 0 Å². The summed E-state index contributed by atoms with van der Waals surface area (Å²) in [6.07, 6.45) is -1.48. The molecule has 1 N–H and O–H groups in total. The fourth-order valence-corrected chi connectivity index (χ4v) is 4.83. The van der Waals surface area contributed by atoms with E-state index in [1.54, 1.807) is 18.2 Å². The van der Waals surface area contributed by atoms with Crippen molar-refractivity contribution in [3.8, 4) is 11.8 Å². The molecule has 2 amide bonds. The summed E-state index contributed by atoms with van der Waals surface area (Å²) in [5.41, 5.74) is 3.80.